The summed E-state index contributed by atoms with van der Waals surface area (Å²) in [4.78, 5) is 0. The van der Waals surface area contributed by atoms with E-state index in [4.69, 9.17) is 14.2 Å². The van der Waals surface area contributed by atoms with E-state index in [1.54, 1.807) is 21.3 Å². The van der Waals surface area contributed by atoms with Crippen molar-refractivity contribution in [1.29, 1.82) is 0 Å². The van der Waals surface area contributed by atoms with Crippen LogP contribution in [0.3, 0.4) is 0 Å². The van der Waals surface area contributed by atoms with Crippen LogP contribution in [-0.4, -0.2) is 27.6 Å². The summed E-state index contributed by atoms with van der Waals surface area (Å²) in [7, 11) is 5.04. The molecule has 3 nitrogen and oxygen atoms in total. The molecule has 0 aliphatic heterocycles. The standard InChI is InChI=1S/C19H20O3/c1-20-15-9-6-8-13(11-15)17-12-14-7-4-5-10-16(14)18(17)19(21-2)22-3/h4-12,18-19H,1-3H3. The van der Waals surface area contributed by atoms with Gasteiger partial charge in [-0.05, 0) is 34.4 Å². The molecule has 1 unspecified atom stereocenters. The van der Waals surface area contributed by atoms with E-state index in [1.165, 1.54) is 16.7 Å². The lowest BCUT2D eigenvalue weighted by Crippen LogP contribution is -2.23. The van der Waals surface area contributed by atoms with Crippen molar-refractivity contribution in [2.75, 3.05) is 21.3 Å². The quantitative estimate of drug-likeness (QED) is 0.782. The molecule has 0 bridgehead atoms. The Kier molecular flexibility index (Phi) is 4.27. The maximum absolute atomic E-state index is 5.55. The molecule has 0 fully saturated rings. The van der Waals surface area contributed by atoms with E-state index < -0.39 is 0 Å². The molecule has 0 spiro atoms. The first kappa shape index (κ1) is 14.8. The first-order valence-electron chi connectivity index (χ1n) is 7.29. The molecule has 0 saturated heterocycles. The van der Waals surface area contributed by atoms with Crippen molar-refractivity contribution in [2.24, 2.45) is 0 Å². The normalized spacial score (nSPS) is 16.5. The van der Waals surface area contributed by atoms with Gasteiger partial charge in [0, 0.05) is 14.2 Å². The van der Waals surface area contributed by atoms with Gasteiger partial charge in [0.15, 0.2) is 6.29 Å². The van der Waals surface area contributed by atoms with Crippen LogP contribution >= 0.6 is 0 Å². The minimum absolute atomic E-state index is 0.0540. The fourth-order valence-electron chi connectivity index (χ4n) is 3.08. The Hall–Kier alpha value is -2.10. The van der Waals surface area contributed by atoms with Crippen LogP contribution in [-0.2, 0) is 9.47 Å². The van der Waals surface area contributed by atoms with Crippen molar-refractivity contribution >= 4 is 11.6 Å². The number of benzene rings is 2. The molecule has 0 saturated carbocycles. The Balaban J connectivity index is 2.09. The van der Waals surface area contributed by atoms with E-state index in [1.807, 2.05) is 18.2 Å². The fourth-order valence-corrected chi connectivity index (χ4v) is 3.08. The molecule has 0 amide bonds. The van der Waals surface area contributed by atoms with Gasteiger partial charge >= 0.3 is 0 Å². The minimum atomic E-state index is -0.318. The van der Waals surface area contributed by atoms with Crippen LogP contribution in [0.4, 0.5) is 0 Å². The number of hydrogen-bond acceptors (Lipinski definition) is 3. The van der Waals surface area contributed by atoms with Crippen LogP contribution in [0.2, 0.25) is 0 Å². The molecule has 0 radical (unpaired) electrons. The van der Waals surface area contributed by atoms with Crippen LogP contribution in [0.5, 0.6) is 5.75 Å². The molecule has 3 rings (SSSR count). The predicted molar refractivity (Wildman–Crippen MR) is 87.9 cm³/mol. The third-order valence-corrected chi connectivity index (χ3v) is 4.12. The second-order valence-corrected chi connectivity index (χ2v) is 5.28. The predicted octanol–water partition coefficient (Wildman–Crippen LogP) is 3.95. The highest BCUT2D eigenvalue weighted by molar-refractivity contribution is 5.92. The van der Waals surface area contributed by atoms with Gasteiger partial charge in [0.2, 0.25) is 0 Å². The number of methoxy groups -OCH3 is 3. The van der Waals surface area contributed by atoms with Crippen LogP contribution in [0, 0.1) is 0 Å². The van der Waals surface area contributed by atoms with E-state index >= 15 is 0 Å². The van der Waals surface area contributed by atoms with Gasteiger partial charge < -0.3 is 14.2 Å². The first-order chi connectivity index (χ1) is 10.8. The van der Waals surface area contributed by atoms with Crippen molar-refractivity contribution < 1.29 is 14.2 Å². The number of ether oxygens (including phenoxy) is 3. The monoisotopic (exact) mass is 296 g/mol. The van der Waals surface area contributed by atoms with Gasteiger partial charge in [-0.3, -0.25) is 0 Å². The average molecular weight is 296 g/mol. The molecule has 2 aromatic carbocycles. The maximum Gasteiger partial charge on any atom is 0.167 e. The topological polar surface area (TPSA) is 27.7 Å². The average Bonchev–Trinajstić information content (AvgIpc) is 2.96. The SMILES string of the molecule is COc1cccc(C2=Cc3ccccc3C2C(OC)OC)c1. The third kappa shape index (κ3) is 2.54. The summed E-state index contributed by atoms with van der Waals surface area (Å²) in [6, 6.07) is 16.5. The second-order valence-electron chi connectivity index (χ2n) is 5.28. The van der Waals surface area contributed by atoms with Gasteiger partial charge in [0.05, 0.1) is 13.0 Å². The van der Waals surface area contributed by atoms with Crippen LogP contribution in [0.15, 0.2) is 48.5 Å². The molecule has 2 aromatic rings. The van der Waals surface area contributed by atoms with Gasteiger partial charge in [0.1, 0.15) is 5.75 Å². The Bertz CT molecular complexity index is 687. The van der Waals surface area contributed by atoms with Crippen molar-refractivity contribution in [3.63, 3.8) is 0 Å². The van der Waals surface area contributed by atoms with Gasteiger partial charge in [-0.1, -0.05) is 42.5 Å². The maximum atomic E-state index is 5.55. The summed E-state index contributed by atoms with van der Waals surface area (Å²) in [6.07, 6.45) is 1.89. The van der Waals surface area contributed by atoms with Crippen LogP contribution < -0.4 is 4.74 Å². The smallest absolute Gasteiger partial charge is 0.167 e. The first-order valence-corrected chi connectivity index (χ1v) is 7.29. The zero-order chi connectivity index (χ0) is 15.5. The Labute approximate surface area is 131 Å². The van der Waals surface area contributed by atoms with Crippen LogP contribution in [0.1, 0.15) is 22.6 Å². The summed E-state index contributed by atoms with van der Waals surface area (Å²) in [5.74, 6) is 0.901. The summed E-state index contributed by atoms with van der Waals surface area (Å²) < 4.78 is 16.5. The molecule has 0 aromatic heterocycles. The van der Waals surface area contributed by atoms with E-state index in [-0.39, 0.29) is 12.2 Å². The summed E-state index contributed by atoms with van der Waals surface area (Å²) in [5, 5.41) is 0. The Morgan fingerprint density at radius 1 is 0.909 bits per heavy atom. The fraction of sp³-hybridized carbons (Fsp3) is 0.263. The zero-order valence-electron chi connectivity index (χ0n) is 13.1. The largest absolute Gasteiger partial charge is 0.497 e. The summed E-state index contributed by atoms with van der Waals surface area (Å²) in [5.41, 5.74) is 4.76. The zero-order valence-corrected chi connectivity index (χ0v) is 13.1. The van der Waals surface area contributed by atoms with E-state index in [0.717, 1.165) is 11.3 Å². The lowest BCUT2D eigenvalue weighted by atomic mass is 9.90. The van der Waals surface area contributed by atoms with Crippen molar-refractivity contribution in [1.82, 2.24) is 0 Å². The molecule has 22 heavy (non-hydrogen) atoms. The number of rotatable bonds is 5. The molecule has 1 atom stereocenters. The Morgan fingerprint density at radius 3 is 2.41 bits per heavy atom. The van der Waals surface area contributed by atoms with Crippen molar-refractivity contribution in [3.05, 3.63) is 65.2 Å². The number of hydrogen-bond donors (Lipinski definition) is 0. The molecular formula is C19H20O3. The summed E-state index contributed by atoms with van der Waals surface area (Å²) in [6.45, 7) is 0. The summed E-state index contributed by atoms with van der Waals surface area (Å²) >= 11 is 0. The molecule has 1 aliphatic rings. The molecule has 0 N–H and O–H groups in total. The minimum Gasteiger partial charge on any atom is -0.497 e. The van der Waals surface area contributed by atoms with Gasteiger partial charge in [-0.2, -0.15) is 0 Å². The van der Waals surface area contributed by atoms with Crippen LogP contribution in [0.25, 0.3) is 11.6 Å². The Morgan fingerprint density at radius 2 is 1.68 bits per heavy atom. The molecule has 3 heteroatoms. The van der Waals surface area contributed by atoms with Gasteiger partial charge in [-0.15, -0.1) is 0 Å². The van der Waals surface area contributed by atoms with Crippen molar-refractivity contribution in [3.8, 4) is 5.75 Å². The van der Waals surface area contributed by atoms with E-state index in [0.29, 0.717) is 0 Å². The van der Waals surface area contributed by atoms with E-state index in [2.05, 4.69) is 36.4 Å². The lowest BCUT2D eigenvalue weighted by molar-refractivity contribution is -0.107. The van der Waals surface area contributed by atoms with Crippen molar-refractivity contribution in [2.45, 2.75) is 12.2 Å². The highest BCUT2D eigenvalue weighted by Gasteiger charge is 2.33. The highest BCUT2D eigenvalue weighted by Crippen LogP contribution is 2.45. The van der Waals surface area contributed by atoms with Gasteiger partial charge in [0.25, 0.3) is 0 Å². The third-order valence-electron chi connectivity index (χ3n) is 4.12. The molecule has 1 aliphatic carbocycles. The van der Waals surface area contributed by atoms with E-state index in [9.17, 15) is 0 Å². The molecule has 0 heterocycles. The molecular weight excluding hydrogens is 276 g/mol. The second kappa shape index (κ2) is 6.34. The number of fused-ring (bicyclic) bond motifs is 1. The lowest BCUT2D eigenvalue weighted by Gasteiger charge is -2.25. The van der Waals surface area contributed by atoms with Gasteiger partial charge in [-0.25, -0.2) is 0 Å². The molecule has 114 valence electrons. The highest BCUT2D eigenvalue weighted by atomic mass is 16.7.